The number of carbonyl (C=O) groups excluding carboxylic acids is 2. The predicted octanol–water partition coefficient (Wildman–Crippen LogP) is 9.47. The summed E-state index contributed by atoms with van der Waals surface area (Å²) in [5.41, 5.74) is 5.31. The molecule has 0 aromatic rings. The van der Waals surface area contributed by atoms with Crippen LogP contribution in [-0.2, 0) is 37.5 Å². The second kappa shape index (κ2) is 39.2. The number of allylic oxidation sites excluding steroid dienone is 16. The number of aliphatic carboxylic acids is 1. The normalized spacial score (nSPS) is 14.7. The summed E-state index contributed by atoms with van der Waals surface area (Å²) in [4.78, 5) is 45.8. The van der Waals surface area contributed by atoms with Crippen molar-refractivity contribution < 1.29 is 52.6 Å². The molecule has 0 aliphatic rings. The summed E-state index contributed by atoms with van der Waals surface area (Å²) >= 11 is 0. The van der Waals surface area contributed by atoms with Crippen LogP contribution >= 0.6 is 7.82 Å². The number of phosphoric ester groups is 1. The fourth-order valence-corrected chi connectivity index (χ4v) is 5.45. The first-order valence-corrected chi connectivity index (χ1v) is 21.9. The monoisotopic (exact) mass is 819 g/mol. The molecule has 0 radical (unpaired) electrons. The molecule has 0 amide bonds. The highest BCUT2D eigenvalue weighted by molar-refractivity contribution is 7.47. The second-order valence-electron chi connectivity index (χ2n) is 13.1. The number of phosphoric acid groups is 1. The molecule has 13 heteroatoms. The van der Waals surface area contributed by atoms with Gasteiger partial charge in [0, 0.05) is 19.4 Å². The molecule has 0 aromatic heterocycles. The molecule has 0 saturated carbocycles. The number of carboxylic acid groups (broad SMARTS) is 1. The zero-order valence-corrected chi connectivity index (χ0v) is 35.0. The first kappa shape index (κ1) is 53.4. The highest BCUT2D eigenvalue weighted by atomic mass is 31.2. The van der Waals surface area contributed by atoms with E-state index in [1.54, 1.807) is 0 Å². The van der Waals surface area contributed by atoms with Crippen molar-refractivity contribution in [3.05, 3.63) is 97.2 Å². The lowest BCUT2D eigenvalue weighted by molar-refractivity contribution is -0.161. The first-order chi connectivity index (χ1) is 27.6. The van der Waals surface area contributed by atoms with Gasteiger partial charge in [0.1, 0.15) is 12.6 Å². The molecule has 0 bridgehead atoms. The molecule has 0 aliphatic heterocycles. The minimum Gasteiger partial charge on any atom is -0.480 e. The maximum absolute atomic E-state index is 12.6. The van der Waals surface area contributed by atoms with Crippen molar-refractivity contribution in [1.29, 1.82) is 0 Å². The zero-order valence-electron chi connectivity index (χ0n) is 34.1. The molecule has 0 aliphatic carbocycles. The van der Waals surface area contributed by atoms with Crippen LogP contribution in [0.2, 0.25) is 0 Å². The van der Waals surface area contributed by atoms with Crippen molar-refractivity contribution in [3.63, 3.8) is 0 Å². The minimum absolute atomic E-state index is 0.0601. The van der Waals surface area contributed by atoms with E-state index >= 15 is 0 Å². The molecule has 0 saturated heterocycles. The van der Waals surface area contributed by atoms with Crippen LogP contribution in [0, 0.1) is 0 Å². The number of aliphatic hydroxyl groups is 1. The number of unbranched alkanes of at least 4 members (excludes halogenated alkanes) is 6. The smallest absolute Gasteiger partial charge is 0.472 e. The fourth-order valence-electron chi connectivity index (χ4n) is 4.67. The molecule has 0 aromatic carbocycles. The second-order valence-corrected chi connectivity index (χ2v) is 14.6. The lowest BCUT2D eigenvalue weighted by atomic mass is 10.2. The first-order valence-electron chi connectivity index (χ1n) is 20.4. The summed E-state index contributed by atoms with van der Waals surface area (Å²) in [5, 5.41) is 17.7. The molecule has 1 unspecified atom stereocenters. The number of hydrogen-bond donors (Lipinski definition) is 4. The van der Waals surface area contributed by atoms with Gasteiger partial charge in [0.05, 0.1) is 13.2 Å². The third-order valence-electron chi connectivity index (χ3n) is 7.87. The molecular weight excluding hydrogens is 749 g/mol. The van der Waals surface area contributed by atoms with E-state index in [-0.39, 0.29) is 19.4 Å². The Morgan fingerprint density at radius 2 is 1.02 bits per heavy atom. The SMILES string of the molecule is CC/C=C\C/C=C\C/C=C\C/C=C\CCCCC(=O)OC[C@H](COP(=O)(O)OC[C@H](N)C(=O)O)OC(=O)CCC/C=C\C/C=C\C/C=C\C/C=C\CCCCCO. The Morgan fingerprint density at radius 1 is 0.579 bits per heavy atom. The Hall–Kier alpha value is -3.64. The summed E-state index contributed by atoms with van der Waals surface area (Å²) in [6.07, 6.45) is 46.4. The average Bonchev–Trinajstić information content (AvgIpc) is 3.19. The number of nitrogens with two attached hydrogens (primary N) is 1. The van der Waals surface area contributed by atoms with Crippen molar-refractivity contribution in [2.75, 3.05) is 26.4 Å². The van der Waals surface area contributed by atoms with Gasteiger partial charge in [-0.05, 0) is 96.3 Å². The summed E-state index contributed by atoms with van der Waals surface area (Å²) in [7, 11) is -4.75. The Labute approximate surface area is 341 Å². The van der Waals surface area contributed by atoms with Crippen molar-refractivity contribution in [3.8, 4) is 0 Å². The topological polar surface area (TPSA) is 192 Å². The fraction of sp³-hybridized carbons (Fsp3) is 0.568. The lowest BCUT2D eigenvalue weighted by Crippen LogP contribution is -2.34. The molecule has 5 N–H and O–H groups in total. The molecule has 0 heterocycles. The summed E-state index contributed by atoms with van der Waals surface area (Å²) in [5.74, 6) is -2.54. The minimum atomic E-state index is -4.75. The van der Waals surface area contributed by atoms with Gasteiger partial charge >= 0.3 is 25.7 Å². The van der Waals surface area contributed by atoms with Gasteiger partial charge in [0.15, 0.2) is 6.10 Å². The van der Waals surface area contributed by atoms with Gasteiger partial charge in [-0.15, -0.1) is 0 Å². The Morgan fingerprint density at radius 3 is 1.51 bits per heavy atom. The molecule has 57 heavy (non-hydrogen) atoms. The molecule has 12 nitrogen and oxygen atoms in total. The van der Waals surface area contributed by atoms with Crippen LogP contribution in [0.5, 0.6) is 0 Å². The highest BCUT2D eigenvalue weighted by Crippen LogP contribution is 2.43. The molecule has 0 fully saturated rings. The van der Waals surface area contributed by atoms with E-state index in [2.05, 4.69) is 96.5 Å². The van der Waals surface area contributed by atoms with E-state index in [0.29, 0.717) is 19.3 Å². The Balaban J connectivity index is 4.59. The number of carbonyl (C=O) groups is 3. The van der Waals surface area contributed by atoms with Gasteiger partial charge in [-0.25, -0.2) is 4.57 Å². The summed E-state index contributed by atoms with van der Waals surface area (Å²) in [6.45, 7) is 0.560. The van der Waals surface area contributed by atoms with E-state index in [0.717, 1.165) is 83.5 Å². The molecule has 0 rings (SSSR count). The van der Waals surface area contributed by atoms with Gasteiger partial charge in [-0.2, -0.15) is 0 Å². The number of aliphatic hydroxyl groups excluding tert-OH is 1. The predicted molar refractivity (Wildman–Crippen MR) is 227 cm³/mol. The van der Waals surface area contributed by atoms with Gasteiger partial charge in [-0.1, -0.05) is 111 Å². The quantitative estimate of drug-likeness (QED) is 0.0201. The maximum Gasteiger partial charge on any atom is 0.472 e. The standard InChI is InChI=1S/C44H70NO11P/c1-2-3-4-5-6-7-8-9-13-16-19-22-25-28-31-34-42(47)53-37-40(38-54-57(51,52)55-39-41(45)44(49)50)56-43(48)35-32-29-26-23-20-17-14-11-10-12-15-18-21-24-27-30-33-36-46/h3-4,6-7,9-10,12-14,17-19,21-23,26,40-41,46H,2,5,8,11,15-16,20,24-25,27-39,45H2,1H3,(H,49,50)(H,51,52)/b4-3-,7-6-,12-10-,13-9-,17-14-,21-18-,22-19-,26-23-/t40-,41+/m1/s1. The van der Waals surface area contributed by atoms with E-state index in [4.69, 9.17) is 29.9 Å². The molecule has 0 spiro atoms. The Kier molecular flexibility index (Phi) is 36.7. The summed E-state index contributed by atoms with van der Waals surface area (Å²) in [6, 6.07) is -1.55. The van der Waals surface area contributed by atoms with Gasteiger partial charge < -0.3 is 30.3 Å². The van der Waals surface area contributed by atoms with Crippen LogP contribution in [-0.4, -0.2) is 71.6 Å². The van der Waals surface area contributed by atoms with Crippen LogP contribution < -0.4 is 5.73 Å². The van der Waals surface area contributed by atoms with Gasteiger partial charge in [-0.3, -0.25) is 23.4 Å². The number of esters is 2. The largest absolute Gasteiger partial charge is 0.480 e. The van der Waals surface area contributed by atoms with Crippen LogP contribution in [0.4, 0.5) is 0 Å². The van der Waals surface area contributed by atoms with E-state index in [1.807, 2.05) is 12.2 Å². The van der Waals surface area contributed by atoms with Crippen LogP contribution in [0.3, 0.4) is 0 Å². The van der Waals surface area contributed by atoms with Crippen LogP contribution in [0.15, 0.2) is 97.2 Å². The average molecular weight is 820 g/mol. The van der Waals surface area contributed by atoms with E-state index in [9.17, 15) is 23.8 Å². The molecular formula is C44H70NO11P. The number of rotatable bonds is 37. The number of carboxylic acids is 1. The highest BCUT2D eigenvalue weighted by Gasteiger charge is 2.28. The third-order valence-corrected chi connectivity index (χ3v) is 8.82. The van der Waals surface area contributed by atoms with E-state index in [1.165, 1.54) is 0 Å². The summed E-state index contributed by atoms with van der Waals surface area (Å²) < 4.78 is 32.5. The van der Waals surface area contributed by atoms with Crippen LogP contribution in [0.1, 0.15) is 122 Å². The van der Waals surface area contributed by atoms with Crippen molar-refractivity contribution in [2.45, 2.75) is 135 Å². The molecule has 3 atom stereocenters. The van der Waals surface area contributed by atoms with Crippen LogP contribution in [0.25, 0.3) is 0 Å². The van der Waals surface area contributed by atoms with Gasteiger partial charge in [0.2, 0.25) is 0 Å². The third kappa shape index (κ3) is 39.0. The van der Waals surface area contributed by atoms with Crippen molar-refractivity contribution in [1.82, 2.24) is 0 Å². The molecule has 322 valence electrons. The lowest BCUT2D eigenvalue weighted by Gasteiger charge is -2.20. The zero-order chi connectivity index (χ0) is 42.1. The number of hydrogen-bond acceptors (Lipinski definition) is 10. The van der Waals surface area contributed by atoms with E-state index < -0.39 is 57.7 Å². The Bertz CT molecular complexity index is 1330. The number of ether oxygens (including phenoxy) is 2. The van der Waals surface area contributed by atoms with Crippen molar-refractivity contribution >= 4 is 25.7 Å². The maximum atomic E-state index is 12.6. The van der Waals surface area contributed by atoms with Crippen molar-refractivity contribution in [2.24, 2.45) is 5.73 Å². The van der Waals surface area contributed by atoms with Gasteiger partial charge in [0.25, 0.3) is 0 Å².